The standard InChI is InChI=1S/C10H12N4O3S/c1-3-17-10-9(12-18(15,16)13-10)14(2)8-6-4-5-7-11-8/h4-7H,3H2,1-2H3. The highest BCUT2D eigenvalue weighted by molar-refractivity contribution is 7.89. The van der Waals surface area contributed by atoms with Crippen molar-refractivity contribution in [3.05, 3.63) is 24.4 Å². The Hall–Kier alpha value is -1.96. The summed E-state index contributed by atoms with van der Waals surface area (Å²) in [6.45, 7) is 2.05. The lowest BCUT2D eigenvalue weighted by molar-refractivity contribution is 0.334. The summed E-state index contributed by atoms with van der Waals surface area (Å²) < 4.78 is 34.9. The second-order valence-electron chi connectivity index (χ2n) is 3.44. The van der Waals surface area contributed by atoms with E-state index in [1.54, 1.807) is 38.4 Å². The smallest absolute Gasteiger partial charge is 0.368 e. The summed E-state index contributed by atoms with van der Waals surface area (Å²) >= 11 is 0. The summed E-state index contributed by atoms with van der Waals surface area (Å²) in [5, 5.41) is 0. The number of likely N-dealkylation sites (N-methyl/N-ethyl adjacent to an activating group) is 1. The Labute approximate surface area is 105 Å². The van der Waals surface area contributed by atoms with Crippen LogP contribution in [0.5, 0.6) is 0 Å². The van der Waals surface area contributed by atoms with E-state index >= 15 is 0 Å². The largest absolute Gasteiger partial charge is 0.475 e. The third-order valence-electron chi connectivity index (χ3n) is 2.18. The van der Waals surface area contributed by atoms with Gasteiger partial charge in [-0.3, -0.25) is 0 Å². The first kappa shape index (κ1) is 12.5. The Kier molecular flexibility index (Phi) is 3.28. The van der Waals surface area contributed by atoms with Crippen molar-refractivity contribution in [2.24, 2.45) is 8.80 Å². The van der Waals surface area contributed by atoms with Gasteiger partial charge in [-0.15, -0.1) is 8.80 Å². The van der Waals surface area contributed by atoms with Gasteiger partial charge in [-0.25, -0.2) is 4.98 Å². The number of nitrogens with zero attached hydrogens (tertiary/aromatic N) is 4. The fraction of sp³-hybridized carbons (Fsp3) is 0.300. The normalized spacial score (nSPS) is 17.0. The molecule has 0 fully saturated rings. The monoisotopic (exact) mass is 268 g/mol. The van der Waals surface area contributed by atoms with E-state index in [4.69, 9.17) is 4.74 Å². The maximum absolute atomic E-state index is 11.4. The minimum atomic E-state index is -3.84. The molecule has 0 aromatic carbocycles. The molecule has 0 radical (unpaired) electrons. The van der Waals surface area contributed by atoms with Gasteiger partial charge in [-0.05, 0) is 19.1 Å². The van der Waals surface area contributed by atoms with E-state index in [9.17, 15) is 8.42 Å². The van der Waals surface area contributed by atoms with Gasteiger partial charge in [0.15, 0.2) is 0 Å². The zero-order chi connectivity index (χ0) is 13.2. The molecule has 2 rings (SSSR count). The molecule has 1 aromatic heterocycles. The molecular formula is C10H12N4O3S. The van der Waals surface area contributed by atoms with Gasteiger partial charge in [-0.2, -0.15) is 8.42 Å². The quantitative estimate of drug-likeness (QED) is 0.784. The fourth-order valence-electron chi connectivity index (χ4n) is 1.41. The van der Waals surface area contributed by atoms with Crippen LogP contribution in [0.15, 0.2) is 33.2 Å². The van der Waals surface area contributed by atoms with Crippen LogP contribution in [0, 0.1) is 0 Å². The first-order chi connectivity index (χ1) is 8.53. The van der Waals surface area contributed by atoms with Crippen LogP contribution in [0.2, 0.25) is 0 Å². The molecule has 1 aliphatic rings. The van der Waals surface area contributed by atoms with Crippen molar-refractivity contribution in [2.45, 2.75) is 6.92 Å². The van der Waals surface area contributed by atoms with Crippen LogP contribution in [0.25, 0.3) is 0 Å². The average Bonchev–Trinajstić information content (AvgIpc) is 2.65. The van der Waals surface area contributed by atoms with Crippen LogP contribution in [0.3, 0.4) is 0 Å². The van der Waals surface area contributed by atoms with Crippen molar-refractivity contribution in [1.29, 1.82) is 0 Å². The lowest BCUT2D eigenvalue weighted by Crippen LogP contribution is -2.33. The van der Waals surface area contributed by atoms with Gasteiger partial charge in [-0.1, -0.05) is 6.07 Å². The Morgan fingerprint density at radius 3 is 2.72 bits per heavy atom. The molecule has 0 bridgehead atoms. The van der Waals surface area contributed by atoms with Crippen molar-refractivity contribution in [1.82, 2.24) is 4.98 Å². The molecule has 0 saturated carbocycles. The number of amidine groups is 1. The number of rotatable bonds is 2. The van der Waals surface area contributed by atoms with Crippen LogP contribution in [0.4, 0.5) is 5.82 Å². The molecule has 0 atom stereocenters. The molecule has 1 aliphatic heterocycles. The zero-order valence-electron chi connectivity index (χ0n) is 9.94. The van der Waals surface area contributed by atoms with Crippen LogP contribution in [0.1, 0.15) is 6.92 Å². The summed E-state index contributed by atoms with van der Waals surface area (Å²) in [5.74, 6) is 0.682. The van der Waals surface area contributed by atoms with E-state index in [1.807, 2.05) is 0 Å². The second-order valence-corrected chi connectivity index (χ2v) is 4.70. The highest BCUT2D eigenvalue weighted by Crippen LogP contribution is 2.15. The number of ether oxygens (including phenoxy) is 1. The van der Waals surface area contributed by atoms with Gasteiger partial charge < -0.3 is 9.64 Å². The highest BCUT2D eigenvalue weighted by atomic mass is 32.2. The molecule has 2 heterocycles. The number of pyridine rings is 1. The summed E-state index contributed by atoms with van der Waals surface area (Å²) in [5.41, 5.74) is 0. The molecule has 0 amide bonds. The van der Waals surface area contributed by atoms with E-state index in [1.165, 1.54) is 4.90 Å². The predicted octanol–water partition coefficient (Wildman–Crippen LogP) is 0.610. The first-order valence-corrected chi connectivity index (χ1v) is 6.66. The summed E-state index contributed by atoms with van der Waals surface area (Å²) in [4.78, 5) is 5.62. The van der Waals surface area contributed by atoms with Gasteiger partial charge in [0.05, 0.1) is 6.61 Å². The lowest BCUT2D eigenvalue weighted by Gasteiger charge is -2.17. The molecule has 7 nitrogen and oxygen atoms in total. The maximum Gasteiger partial charge on any atom is 0.368 e. The van der Waals surface area contributed by atoms with Crippen LogP contribution in [-0.4, -0.2) is 38.8 Å². The van der Waals surface area contributed by atoms with Crippen molar-refractivity contribution in [3.63, 3.8) is 0 Å². The molecular weight excluding hydrogens is 256 g/mol. The molecule has 0 unspecified atom stereocenters. The van der Waals surface area contributed by atoms with Crippen LogP contribution >= 0.6 is 0 Å². The van der Waals surface area contributed by atoms with Crippen LogP contribution < -0.4 is 4.90 Å². The summed E-state index contributed by atoms with van der Waals surface area (Å²) in [6.07, 6.45) is 1.60. The second kappa shape index (κ2) is 4.73. The number of hydrogen-bond donors (Lipinski definition) is 0. The molecule has 18 heavy (non-hydrogen) atoms. The molecule has 96 valence electrons. The van der Waals surface area contributed by atoms with E-state index in [0.29, 0.717) is 12.4 Å². The average molecular weight is 268 g/mol. The predicted molar refractivity (Wildman–Crippen MR) is 68.1 cm³/mol. The van der Waals surface area contributed by atoms with E-state index in [0.717, 1.165) is 0 Å². The molecule has 0 spiro atoms. The Balaban J connectivity index is 2.36. The molecule has 0 N–H and O–H groups in total. The highest BCUT2D eigenvalue weighted by Gasteiger charge is 2.29. The summed E-state index contributed by atoms with van der Waals surface area (Å²) in [7, 11) is -2.19. The van der Waals surface area contributed by atoms with Crippen LogP contribution in [-0.2, 0) is 14.9 Å². The van der Waals surface area contributed by atoms with E-state index in [-0.39, 0.29) is 11.7 Å². The molecule has 1 aromatic rings. The van der Waals surface area contributed by atoms with Crippen molar-refractivity contribution >= 4 is 27.8 Å². The van der Waals surface area contributed by atoms with Crippen molar-refractivity contribution in [3.8, 4) is 0 Å². The van der Waals surface area contributed by atoms with Gasteiger partial charge in [0.1, 0.15) is 5.82 Å². The summed E-state index contributed by atoms with van der Waals surface area (Å²) in [6, 6.07) is 5.29. The Morgan fingerprint density at radius 1 is 1.33 bits per heavy atom. The first-order valence-electron chi connectivity index (χ1n) is 5.26. The van der Waals surface area contributed by atoms with Gasteiger partial charge in [0.2, 0.25) is 5.84 Å². The number of anilines is 1. The third-order valence-corrected chi connectivity index (χ3v) is 2.98. The molecule has 0 saturated heterocycles. The van der Waals surface area contributed by atoms with Gasteiger partial charge in [0, 0.05) is 13.2 Å². The van der Waals surface area contributed by atoms with Gasteiger partial charge >= 0.3 is 10.2 Å². The minimum absolute atomic E-state index is 0.00865. The lowest BCUT2D eigenvalue weighted by atomic mass is 10.4. The molecule has 0 aliphatic carbocycles. The van der Waals surface area contributed by atoms with E-state index in [2.05, 4.69) is 13.8 Å². The third kappa shape index (κ3) is 2.48. The van der Waals surface area contributed by atoms with Crippen molar-refractivity contribution < 1.29 is 13.2 Å². The van der Waals surface area contributed by atoms with Crippen molar-refractivity contribution in [2.75, 3.05) is 18.6 Å². The number of hydrogen-bond acceptors (Lipinski definition) is 5. The van der Waals surface area contributed by atoms with Gasteiger partial charge in [0.25, 0.3) is 5.90 Å². The Bertz CT molecular complexity index is 595. The molecule has 8 heteroatoms. The van der Waals surface area contributed by atoms with E-state index < -0.39 is 10.2 Å². The minimum Gasteiger partial charge on any atom is -0.475 e. The topological polar surface area (TPSA) is 84.2 Å². The fourth-order valence-corrected chi connectivity index (χ4v) is 2.21. The zero-order valence-corrected chi connectivity index (χ0v) is 10.8. The number of aromatic nitrogens is 1. The maximum atomic E-state index is 11.4. The Morgan fingerprint density at radius 2 is 2.11 bits per heavy atom. The SMILES string of the molecule is CCOC1=NS(=O)(=O)N=C1N(C)c1ccccn1.